The zero-order chi connectivity index (χ0) is 15.8. The lowest BCUT2D eigenvalue weighted by Crippen LogP contribution is -2.43. The number of likely N-dealkylation sites (N-methyl/N-ethyl adjacent to an activating group) is 2. The smallest absolute Gasteiger partial charge is 0.237 e. The van der Waals surface area contributed by atoms with Crippen molar-refractivity contribution in [2.24, 2.45) is 0 Å². The Bertz CT molecular complexity index is 520. The van der Waals surface area contributed by atoms with Crippen LogP contribution in [0.5, 0.6) is 0 Å². The molecule has 1 atom stereocenters. The molecule has 0 saturated carbocycles. The lowest BCUT2D eigenvalue weighted by atomic mass is 10.1. The van der Waals surface area contributed by atoms with E-state index >= 15 is 0 Å². The molecule has 1 aromatic rings. The molecule has 0 radical (unpaired) electrons. The van der Waals surface area contributed by atoms with Crippen molar-refractivity contribution < 1.29 is 14.4 Å². The monoisotopic (exact) mass is 354 g/mol. The molecule has 21 heavy (non-hydrogen) atoms. The van der Waals surface area contributed by atoms with E-state index in [0.29, 0.717) is 24.9 Å². The van der Waals surface area contributed by atoms with Gasteiger partial charge in [-0.1, -0.05) is 22.0 Å². The van der Waals surface area contributed by atoms with E-state index in [4.69, 9.17) is 0 Å². The standard InChI is InChI=1S/C15H19BrN2O3/c1-17-15(21)14(4-3-7-19)18(2)9-12-8-13(16)6-5-11(12)10-20/h5-8,10,14H,3-4,9H2,1-2H3,(H,17,21). The summed E-state index contributed by atoms with van der Waals surface area (Å²) in [5, 5.41) is 2.61. The van der Waals surface area contributed by atoms with E-state index in [-0.39, 0.29) is 5.91 Å². The van der Waals surface area contributed by atoms with Crippen LogP contribution in [0.25, 0.3) is 0 Å². The minimum absolute atomic E-state index is 0.137. The van der Waals surface area contributed by atoms with Gasteiger partial charge in [0, 0.05) is 30.0 Å². The van der Waals surface area contributed by atoms with Gasteiger partial charge in [-0.05, 0) is 31.2 Å². The van der Waals surface area contributed by atoms with Crippen LogP contribution in [0, 0.1) is 0 Å². The fourth-order valence-corrected chi connectivity index (χ4v) is 2.56. The second kappa shape index (κ2) is 8.69. The van der Waals surface area contributed by atoms with Crippen molar-refractivity contribution in [1.29, 1.82) is 0 Å². The number of hydrogen-bond acceptors (Lipinski definition) is 4. The summed E-state index contributed by atoms with van der Waals surface area (Å²) in [5.41, 5.74) is 1.43. The molecule has 1 rings (SSSR count). The average Bonchev–Trinajstić information content (AvgIpc) is 2.47. The van der Waals surface area contributed by atoms with Crippen molar-refractivity contribution in [3.05, 3.63) is 33.8 Å². The Kier molecular flexibility index (Phi) is 7.25. The molecule has 1 unspecified atom stereocenters. The molecule has 5 nitrogen and oxygen atoms in total. The first kappa shape index (κ1) is 17.5. The van der Waals surface area contributed by atoms with Gasteiger partial charge in [-0.25, -0.2) is 0 Å². The van der Waals surface area contributed by atoms with Crippen LogP contribution < -0.4 is 5.32 Å². The van der Waals surface area contributed by atoms with Crippen molar-refractivity contribution >= 4 is 34.4 Å². The fourth-order valence-electron chi connectivity index (χ4n) is 2.15. The number of aldehydes is 2. The molecule has 1 amide bonds. The SMILES string of the molecule is CNC(=O)C(CCC=O)N(C)Cc1cc(Br)ccc1C=O. The molecule has 0 aromatic heterocycles. The van der Waals surface area contributed by atoms with E-state index in [1.165, 1.54) is 0 Å². The second-order valence-electron chi connectivity index (χ2n) is 4.75. The number of halogens is 1. The van der Waals surface area contributed by atoms with Crippen molar-refractivity contribution in [2.45, 2.75) is 25.4 Å². The predicted octanol–water partition coefficient (Wildman–Crippen LogP) is 1.79. The Morgan fingerprint density at radius 1 is 1.43 bits per heavy atom. The largest absolute Gasteiger partial charge is 0.358 e. The third-order valence-corrected chi connectivity index (χ3v) is 3.78. The van der Waals surface area contributed by atoms with E-state index < -0.39 is 6.04 Å². The highest BCUT2D eigenvalue weighted by Gasteiger charge is 2.22. The summed E-state index contributed by atoms with van der Waals surface area (Å²) < 4.78 is 0.876. The summed E-state index contributed by atoms with van der Waals surface area (Å²) in [6, 6.07) is 5.00. The van der Waals surface area contributed by atoms with Crippen LogP contribution in [0.2, 0.25) is 0 Å². The summed E-state index contributed by atoms with van der Waals surface area (Å²) in [5.74, 6) is -0.137. The number of amides is 1. The van der Waals surface area contributed by atoms with Crippen LogP contribution >= 0.6 is 15.9 Å². The lowest BCUT2D eigenvalue weighted by molar-refractivity contribution is -0.126. The second-order valence-corrected chi connectivity index (χ2v) is 5.67. The normalized spacial score (nSPS) is 12.0. The third-order valence-electron chi connectivity index (χ3n) is 3.29. The minimum atomic E-state index is -0.404. The molecule has 0 aliphatic rings. The van der Waals surface area contributed by atoms with E-state index in [9.17, 15) is 14.4 Å². The van der Waals surface area contributed by atoms with Crippen LogP contribution in [0.3, 0.4) is 0 Å². The Labute approximate surface area is 132 Å². The minimum Gasteiger partial charge on any atom is -0.358 e. The highest BCUT2D eigenvalue weighted by molar-refractivity contribution is 9.10. The summed E-state index contributed by atoms with van der Waals surface area (Å²) >= 11 is 3.38. The molecule has 1 N–H and O–H groups in total. The number of rotatable bonds is 8. The van der Waals surface area contributed by atoms with Gasteiger partial charge in [-0.2, -0.15) is 0 Å². The molecular weight excluding hydrogens is 336 g/mol. The molecule has 0 fully saturated rings. The summed E-state index contributed by atoms with van der Waals surface area (Å²) in [6.45, 7) is 0.449. The zero-order valence-electron chi connectivity index (χ0n) is 12.1. The van der Waals surface area contributed by atoms with Crippen LogP contribution in [0.4, 0.5) is 0 Å². The first-order valence-corrected chi connectivity index (χ1v) is 7.41. The maximum absolute atomic E-state index is 11.9. The van der Waals surface area contributed by atoms with Gasteiger partial charge in [0.25, 0.3) is 0 Å². The van der Waals surface area contributed by atoms with Crippen molar-refractivity contribution in [3.8, 4) is 0 Å². The molecule has 0 heterocycles. The zero-order valence-corrected chi connectivity index (χ0v) is 13.7. The van der Waals surface area contributed by atoms with Gasteiger partial charge in [0.15, 0.2) is 0 Å². The number of hydrogen-bond donors (Lipinski definition) is 1. The Balaban J connectivity index is 2.92. The number of carbonyl (C=O) groups excluding carboxylic acids is 3. The molecule has 0 bridgehead atoms. The Hall–Kier alpha value is -1.53. The van der Waals surface area contributed by atoms with E-state index in [2.05, 4.69) is 21.2 Å². The molecule has 0 aliphatic carbocycles. The lowest BCUT2D eigenvalue weighted by Gasteiger charge is -2.26. The van der Waals surface area contributed by atoms with Gasteiger partial charge in [0.2, 0.25) is 5.91 Å². The average molecular weight is 355 g/mol. The summed E-state index contributed by atoms with van der Waals surface area (Å²) in [7, 11) is 3.38. The maximum Gasteiger partial charge on any atom is 0.237 e. The van der Waals surface area contributed by atoms with Crippen molar-refractivity contribution in [1.82, 2.24) is 10.2 Å². The molecule has 6 heteroatoms. The first-order valence-electron chi connectivity index (χ1n) is 6.62. The number of benzene rings is 1. The highest BCUT2D eigenvalue weighted by Crippen LogP contribution is 2.18. The molecule has 1 aromatic carbocycles. The van der Waals surface area contributed by atoms with E-state index in [0.717, 1.165) is 22.6 Å². The van der Waals surface area contributed by atoms with E-state index in [1.54, 1.807) is 26.2 Å². The summed E-state index contributed by atoms with van der Waals surface area (Å²) in [4.78, 5) is 35.4. The van der Waals surface area contributed by atoms with Gasteiger partial charge in [-0.15, -0.1) is 0 Å². The van der Waals surface area contributed by atoms with Crippen LogP contribution in [0.1, 0.15) is 28.8 Å². The van der Waals surface area contributed by atoms with Crippen LogP contribution in [-0.2, 0) is 16.1 Å². The van der Waals surface area contributed by atoms with Gasteiger partial charge in [0.05, 0.1) is 6.04 Å². The van der Waals surface area contributed by atoms with Gasteiger partial charge >= 0.3 is 0 Å². The number of nitrogens with zero attached hydrogens (tertiary/aromatic N) is 1. The predicted molar refractivity (Wildman–Crippen MR) is 84.1 cm³/mol. The topological polar surface area (TPSA) is 66.5 Å². The van der Waals surface area contributed by atoms with Gasteiger partial charge < -0.3 is 10.1 Å². The quantitative estimate of drug-likeness (QED) is 0.722. The molecule has 0 aliphatic heterocycles. The number of nitrogens with one attached hydrogen (secondary N) is 1. The fraction of sp³-hybridized carbons (Fsp3) is 0.400. The Morgan fingerprint density at radius 3 is 2.71 bits per heavy atom. The van der Waals surface area contributed by atoms with Crippen LogP contribution in [0.15, 0.2) is 22.7 Å². The van der Waals surface area contributed by atoms with Gasteiger partial charge in [-0.3, -0.25) is 14.5 Å². The Morgan fingerprint density at radius 2 is 2.14 bits per heavy atom. The van der Waals surface area contributed by atoms with Crippen molar-refractivity contribution in [3.63, 3.8) is 0 Å². The maximum atomic E-state index is 11.9. The molecule has 0 saturated heterocycles. The van der Waals surface area contributed by atoms with Crippen LogP contribution in [-0.4, -0.2) is 43.5 Å². The first-order chi connectivity index (χ1) is 10.0. The highest BCUT2D eigenvalue weighted by atomic mass is 79.9. The van der Waals surface area contributed by atoms with Gasteiger partial charge in [0.1, 0.15) is 12.6 Å². The van der Waals surface area contributed by atoms with E-state index in [1.807, 2.05) is 11.0 Å². The number of carbonyl (C=O) groups is 3. The molecule has 0 spiro atoms. The molecule has 114 valence electrons. The van der Waals surface area contributed by atoms with Crippen molar-refractivity contribution in [2.75, 3.05) is 14.1 Å². The molecular formula is C15H19BrN2O3. The summed E-state index contributed by atoms with van der Waals surface area (Å²) in [6.07, 6.45) is 2.38. The third kappa shape index (κ3) is 5.06.